The van der Waals surface area contributed by atoms with Crippen molar-refractivity contribution < 1.29 is 9.53 Å². The molecule has 0 aromatic heterocycles. The predicted octanol–water partition coefficient (Wildman–Crippen LogP) is 4.31. The van der Waals surface area contributed by atoms with Crippen molar-refractivity contribution in [3.8, 4) is 0 Å². The van der Waals surface area contributed by atoms with Crippen molar-refractivity contribution in [3.05, 3.63) is 47.7 Å². The lowest BCUT2D eigenvalue weighted by atomic mass is 9.85. The van der Waals surface area contributed by atoms with Crippen molar-refractivity contribution in [2.24, 2.45) is 5.92 Å². The van der Waals surface area contributed by atoms with E-state index < -0.39 is 0 Å². The summed E-state index contributed by atoms with van der Waals surface area (Å²) in [6.07, 6.45) is 6.60. The summed E-state index contributed by atoms with van der Waals surface area (Å²) in [5.74, 6) is 0.472. The van der Waals surface area contributed by atoms with Gasteiger partial charge in [-0.3, -0.25) is 0 Å². The molecular weight excluding hydrogens is 401 g/mol. The second-order valence-electron chi connectivity index (χ2n) is 6.40. The molecule has 1 heterocycles. The lowest BCUT2D eigenvalue weighted by molar-refractivity contribution is -0.137. The summed E-state index contributed by atoms with van der Waals surface area (Å²) in [5, 5.41) is 0. The molecule has 124 valence electrons. The molecule has 1 saturated heterocycles. The van der Waals surface area contributed by atoms with Gasteiger partial charge >= 0.3 is 5.97 Å². The summed E-state index contributed by atoms with van der Waals surface area (Å²) in [4.78, 5) is 14.4. The fraction of sp³-hybridized carbons (Fsp3) is 0.526. The van der Waals surface area contributed by atoms with Gasteiger partial charge in [-0.15, -0.1) is 0 Å². The lowest BCUT2D eigenvalue weighted by Crippen LogP contribution is -2.41. The van der Waals surface area contributed by atoms with Gasteiger partial charge in [-0.1, -0.05) is 59.3 Å². The number of likely N-dealkylation sites (tertiary alicyclic amines) is 1. The van der Waals surface area contributed by atoms with E-state index >= 15 is 0 Å². The fourth-order valence-electron chi connectivity index (χ4n) is 3.91. The first-order valence-electron chi connectivity index (χ1n) is 8.51. The molecule has 0 N–H and O–H groups in total. The van der Waals surface area contributed by atoms with Gasteiger partial charge in [-0.25, -0.2) is 4.79 Å². The third-order valence-electron chi connectivity index (χ3n) is 4.88. The standard InChI is InChI=1S/C19H24INO2/c1-2-23-18(22)12-16-11-15-9-6-10-17(20)19(15)21(16)13-14-7-4-3-5-8-14/h3-5,7-8,12,15,17,19H,2,6,9-11,13H2,1H3/b16-12+/t15-,17+,19+/m1/s1. The molecular formula is C19H24INO2. The molecule has 1 aromatic rings. The normalized spacial score (nSPS) is 28.7. The molecule has 3 rings (SSSR count). The van der Waals surface area contributed by atoms with Crippen molar-refractivity contribution >= 4 is 28.6 Å². The Balaban J connectivity index is 1.86. The molecule has 0 unspecified atom stereocenters. The predicted molar refractivity (Wildman–Crippen MR) is 100 cm³/mol. The minimum atomic E-state index is -0.204. The molecule has 4 heteroatoms. The van der Waals surface area contributed by atoms with Gasteiger partial charge in [0.15, 0.2) is 0 Å². The maximum atomic E-state index is 12.0. The number of fused-ring (bicyclic) bond motifs is 1. The first-order chi connectivity index (χ1) is 11.2. The van der Waals surface area contributed by atoms with Crippen LogP contribution in [0.25, 0.3) is 0 Å². The third-order valence-corrected chi connectivity index (χ3v) is 6.23. The van der Waals surface area contributed by atoms with Crippen molar-refractivity contribution in [3.63, 3.8) is 0 Å². The Morgan fingerprint density at radius 1 is 1.35 bits per heavy atom. The molecule has 23 heavy (non-hydrogen) atoms. The maximum absolute atomic E-state index is 12.0. The van der Waals surface area contributed by atoms with Gasteiger partial charge in [-0.2, -0.15) is 0 Å². The van der Waals surface area contributed by atoms with Gasteiger partial charge in [-0.05, 0) is 37.7 Å². The Labute approximate surface area is 152 Å². The number of ether oxygens (including phenoxy) is 1. The van der Waals surface area contributed by atoms with Crippen LogP contribution in [-0.2, 0) is 16.1 Å². The summed E-state index contributed by atoms with van der Waals surface area (Å²) in [6.45, 7) is 3.17. The molecule has 2 fully saturated rings. The van der Waals surface area contributed by atoms with Crippen LogP contribution in [0.5, 0.6) is 0 Å². The number of benzene rings is 1. The number of nitrogens with zero attached hydrogens (tertiary/aromatic N) is 1. The summed E-state index contributed by atoms with van der Waals surface area (Å²) in [7, 11) is 0. The number of carbonyl (C=O) groups is 1. The van der Waals surface area contributed by atoms with E-state index in [4.69, 9.17) is 4.74 Å². The van der Waals surface area contributed by atoms with E-state index in [1.165, 1.54) is 24.8 Å². The Bertz CT molecular complexity index is 572. The van der Waals surface area contributed by atoms with Gasteiger partial charge in [0.2, 0.25) is 0 Å². The highest BCUT2D eigenvalue weighted by atomic mass is 127. The monoisotopic (exact) mass is 425 g/mol. The smallest absolute Gasteiger partial charge is 0.332 e. The van der Waals surface area contributed by atoms with Crippen LogP contribution in [0, 0.1) is 5.92 Å². The summed E-state index contributed by atoms with van der Waals surface area (Å²) in [6, 6.07) is 11.1. The number of hydrogen-bond donors (Lipinski definition) is 0. The van der Waals surface area contributed by atoms with Crippen LogP contribution in [0.15, 0.2) is 42.1 Å². The molecule has 3 atom stereocenters. The van der Waals surface area contributed by atoms with Gasteiger partial charge in [0.05, 0.1) is 6.61 Å². The van der Waals surface area contributed by atoms with E-state index in [2.05, 4.69) is 51.8 Å². The lowest BCUT2D eigenvalue weighted by Gasteiger charge is -2.37. The van der Waals surface area contributed by atoms with Crippen LogP contribution in [0.2, 0.25) is 0 Å². The SMILES string of the molecule is CCOC(=O)/C=C1\C[C@H]2CCC[C@H](I)[C@H]2N1Cc1ccccc1. The molecule has 0 spiro atoms. The van der Waals surface area contributed by atoms with E-state index in [0.29, 0.717) is 22.5 Å². The highest BCUT2D eigenvalue weighted by Crippen LogP contribution is 2.44. The molecule has 1 aromatic carbocycles. The van der Waals surface area contributed by atoms with E-state index in [-0.39, 0.29) is 5.97 Å². The van der Waals surface area contributed by atoms with E-state index in [1.807, 2.05) is 13.0 Å². The second-order valence-corrected chi connectivity index (χ2v) is 8.00. The van der Waals surface area contributed by atoms with Crippen LogP contribution in [0.3, 0.4) is 0 Å². The average Bonchev–Trinajstić information content (AvgIpc) is 2.87. The molecule has 0 radical (unpaired) electrons. The number of carbonyl (C=O) groups excluding carboxylic acids is 1. The minimum Gasteiger partial charge on any atom is -0.463 e. The number of hydrogen-bond acceptors (Lipinski definition) is 3. The van der Waals surface area contributed by atoms with Crippen LogP contribution in [0.1, 0.15) is 38.2 Å². The third kappa shape index (κ3) is 3.90. The zero-order valence-electron chi connectivity index (χ0n) is 13.6. The fourth-order valence-corrected chi connectivity index (χ4v) is 5.33. The first kappa shape index (κ1) is 16.8. The molecule has 2 aliphatic rings. The van der Waals surface area contributed by atoms with Crippen LogP contribution in [0.4, 0.5) is 0 Å². The van der Waals surface area contributed by atoms with Crippen LogP contribution >= 0.6 is 22.6 Å². The van der Waals surface area contributed by atoms with Crippen LogP contribution < -0.4 is 0 Å². The summed E-state index contributed by atoms with van der Waals surface area (Å²) in [5.41, 5.74) is 2.46. The number of halogens is 1. The average molecular weight is 425 g/mol. The van der Waals surface area contributed by atoms with Crippen LogP contribution in [-0.4, -0.2) is 27.4 Å². The Morgan fingerprint density at radius 3 is 2.87 bits per heavy atom. The number of alkyl halides is 1. The number of rotatable bonds is 4. The van der Waals surface area contributed by atoms with Gasteiger partial charge in [0, 0.05) is 28.3 Å². The Morgan fingerprint density at radius 2 is 2.13 bits per heavy atom. The van der Waals surface area contributed by atoms with Crippen molar-refractivity contribution in [2.75, 3.05) is 6.61 Å². The highest BCUT2D eigenvalue weighted by Gasteiger charge is 2.42. The minimum absolute atomic E-state index is 0.204. The molecule has 1 saturated carbocycles. The molecule has 1 aliphatic carbocycles. The van der Waals surface area contributed by atoms with E-state index in [0.717, 1.165) is 18.7 Å². The Kier molecular flexibility index (Phi) is 5.62. The Hall–Kier alpha value is -1.04. The molecule has 0 amide bonds. The van der Waals surface area contributed by atoms with Crippen molar-refractivity contribution in [1.82, 2.24) is 4.90 Å². The van der Waals surface area contributed by atoms with E-state index in [1.54, 1.807) is 6.08 Å². The highest BCUT2D eigenvalue weighted by molar-refractivity contribution is 14.1. The van der Waals surface area contributed by atoms with Gasteiger partial charge < -0.3 is 9.64 Å². The molecule has 0 bridgehead atoms. The largest absolute Gasteiger partial charge is 0.463 e. The van der Waals surface area contributed by atoms with Gasteiger partial charge in [0.1, 0.15) is 0 Å². The molecule has 3 nitrogen and oxygen atoms in total. The molecule has 1 aliphatic heterocycles. The quantitative estimate of drug-likeness (QED) is 0.312. The van der Waals surface area contributed by atoms with E-state index in [9.17, 15) is 4.79 Å². The zero-order valence-corrected chi connectivity index (χ0v) is 15.7. The summed E-state index contributed by atoms with van der Waals surface area (Å²) < 4.78 is 5.79. The van der Waals surface area contributed by atoms with Crippen molar-refractivity contribution in [2.45, 2.75) is 49.1 Å². The zero-order chi connectivity index (χ0) is 16.2. The van der Waals surface area contributed by atoms with Gasteiger partial charge in [0.25, 0.3) is 0 Å². The maximum Gasteiger partial charge on any atom is 0.332 e. The first-order valence-corrected chi connectivity index (χ1v) is 9.75. The topological polar surface area (TPSA) is 29.5 Å². The second kappa shape index (κ2) is 7.69. The summed E-state index contributed by atoms with van der Waals surface area (Å²) >= 11 is 2.61. The number of allylic oxidation sites excluding steroid dienone is 1. The van der Waals surface area contributed by atoms with Crippen molar-refractivity contribution in [1.29, 1.82) is 0 Å². The number of esters is 1.